The van der Waals surface area contributed by atoms with Crippen LogP contribution in [0.5, 0.6) is 0 Å². The van der Waals surface area contributed by atoms with Gasteiger partial charge in [-0.3, -0.25) is 4.98 Å². The fourth-order valence-electron chi connectivity index (χ4n) is 0.823. The minimum atomic E-state index is -1.58. The van der Waals surface area contributed by atoms with Crippen LogP contribution in [0.2, 0.25) is 0 Å². The van der Waals surface area contributed by atoms with Crippen molar-refractivity contribution in [3.63, 3.8) is 0 Å². The molecule has 14 heavy (non-hydrogen) atoms. The molecule has 0 radical (unpaired) electrons. The van der Waals surface area contributed by atoms with Gasteiger partial charge in [-0.1, -0.05) is 0 Å². The molecule has 0 aliphatic rings. The SMILES string of the molecule is O=NC(C(=O)O)=C(O)c1cccnc1. The standard InChI is InChI=1S/C8H6N2O4/c11-7(6(10-14)8(12)13)5-2-1-3-9-4-5/h1-4,11H,(H,12,13). The second kappa shape index (κ2) is 4.13. The first kappa shape index (κ1) is 9.85. The molecule has 6 nitrogen and oxygen atoms in total. The second-order valence-electron chi connectivity index (χ2n) is 2.34. The molecule has 0 amide bonds. The van der Waals surface area contributed by atoms with E-state index in [1.807, 2.05) is 0 Å². The zero-order chi connectivity index (χ0) is 10.6. The van der Waals surface area contributed by atoms with Gasteiger partial charge in [0.1, 0.15) is 0 Å². The van der Waals surface area contributed by atoms with Crippen molar-refractivity contribution >= 4 is 11.7 Å². The Bertz CT molecular complexity index is 386. The quantitative estimate of drug-likeness (QED) is 0.427. The minimum Gasteiger partial charge on any atom is -0.505 e. The largest absolute Gasteiger partial charge is 0.505 e. The summed E-state index contributed by atoms with van der Waals surface area (Å²) in [5.41, 5.74) is -0.803. The van der Waals surface area contributed by atoms with Crippen LogP contribution in [-0.2, 0) is 4.79 Å². The number of hydrogen-bond donors (Lipinski definition) is 2. The highest BCUT2D eigenvalue weighted by molar-refractivity contribution is 5.93. The monoisotopic (exact) mass is 194 g/mol. The summed E-state index contributed by atoms with van der Waals surface area (Å²) in [6.07, 6.45) is 2.68. The third-order valence-corrected chi connectivity index (χ3v) is 1.45. The lowest BCUT2D eigenvalue weighted by Gasteiger charge is -1.99. The molecule has 0 fully saturated rings. The molecule has 1 rings (SSSR count). The maximum absolute atomic E-state index is 10.4. The molecular formula is C8H6N2O4. The van der Waals surface area contributed by atoms with Crippen molar-refractivity contribution in [2.24, 2.45) is 5.18 Å². The van der Waals surface area contributed by atoms with E-state index >= 15 is 0 Å². The van der Waals surface area contributed by atoms with Gasteiger partial charge in [0.25, 0.3) is 0 Å². The number of pyridine rings is 1. The summed E-state index contributed by atoms with van der Waals surface area (Å²) in [6.45, 7) is 0. The Labute approximate surface area is 78.5 Å². The molecule has 0 saturated carbocycles. The van der Waals surface area contributed by atoms with Crippen LogP contribution in [-0.4, -0.2) is 21.2 Å². The predicted molar refractivity (Wildman–Crippen MR) is 47.2 cm³/mol. The van der Waals surface area contributed by atoms with Crippen molar-refractivity contribution in [3.05, 3.63) is 40.7 Å². The van der Waals surface area contributed by atoms with E-state index in [1.165, 1.54) is 24.5 Å². The van der Waals surface area contributed by atoms with Gasteiger partial charge in [-0.25, -0.2) is 4.79 Å². The van der Waals surface area contributed by atoms with Gasteiger partial charge in [0.15, 0.2) is 5.76 Å². The smallest absolute Gasteiger partial charge is 0.362 e. The number of carboxylic acids is 1. The molecule has 0 bridgehead atoms. The number of aliphatic hydroxyl groups is 1. The van der Waals surface area contributed by atoms with Gasteiger partial charge >= 0.3 is 5.97 Å². The van der Waals surface area contributed by atoms with Crippen molar-refractivity contribution in [3.8, 4) is 0 Å². The zero-order valence-corrected chi connectivity index (χ0v) is 6.91. The summed E-state index contributed by atoms with van der Waals surface area (Å²) in [7, 11) is 0. The highest BCUT2D eigenvalue weighted by atomic mass is 16.4. The summed E-state index contributed by atoms with van der Waals surface area (Å²) in [5.74, 6) is -2.28. The number of nitrogens with zero attached hydrogens (tertiary/aromatic N) is 2. The number of hydrogen-bond acceptors (Lipinski definition) is 5. The van der Waals surface area contributed by atoms with Crippen LogP contribution in [0.3, 0.4) is 0 Å². The topological polar surface area (TPSA) is 99.9 Å². The van der Waals surface area contributed by atoms with Crippen LogP contribution >= 0.6 is 0 Å². The number of rotatable bonds is 3. The van der Waals surface area contributed by atoms with Gasteiger partial charge in [-0.2, -0.15) is 0 Å². The van der Waals surface area contributed by atoms with E-state index < -0.39 is 17.4 Å². The summed E-state index contributed by atoms with van der Waals surface area (Å²) >= 11 is 0. The molecule has 1 aromatic rings. The van der Waals surface area contributed by atoms with Crippen molar-refractivity contribution in [2.75, 3.05) is 0 Å². The molecule has 6 heteroatoms. The number of nitroso groups, excluding NO2 is 1. The average molecular weight is 194 g/mol. The molecule has 0 aromatic carbocycles. The highest BCUT2D eigenvalue weighted by Crippen LogP contribution is 2.15. The number of aliphatic hydroxyl groups excluding tert-OH is 1. The van der Waals surface area contributed by atoms with Crippen molar-refractivity contribution in [1.29, 1.82) is 0 Å². The van der Waals surface area contributed by atoms with Crippen molar-refractivity contribution in [2.45, 2.75) is 0 Å². The van der Waals surface area contributed by atoms with Crippen LogP contribution in [0.1, 0.15) is 5.56 Å². The molecule has 2 N–H and O–H groups in total. The number of carboxylic acid groups (broad SMARTS) is 1. The molecule has 0 unspecified atom stereocenters. The molecule has 0 aliphatic heterocycles. The van der Waals surface area contributed by atoms with Crippen LogP contribution in [0.25, 0.3) is 5.76 Å². The van der Waals surface area contributed by atoms with Crippen molar-refractivity contribution < 1.29 is 15.0 Å². The molecule has 0 spiro atoms. The summed E-state index contributed by atoms with van der Waals surface area (Å²) in [5, 5.41) is 20.0. The van der Waals surface area contributed by atoms with Gasteiger partial charge < -0.3 is 10.2 Å². The van der Waals surface area contributed by atoms with Gasteiger partial charge in [0, 0.05) is 18.0 Å². The van der Waals surface area contributed by atoms with E-state index in [1.54, 1.807) is 0 Å². The minimum absolute atomic E-state index is 0.129. The summed E-state index contributed by atoms with van der Waals surface area (Å²) in [4.78, 5) is 24.2. The molecule has 1 heterocycles. The van der Waals surface area contributed by atoms with Crippen LogP contribution in [0, 0.1) is 4.91 Å². The fraction of sp³-hybridized carbons (Fsp3) is 0. The van der Waals surface area contributed by atoms with E-state index in [2.05, 4.69) is 10.2 Å². The van der Waals surface area contributed by atoms with E-state index in [9.17, 15) is 14.8 Å². The van der Waals surface area contributed by atoms with Crippen LogP contribution < -0.4 is 0 Å². The van der Waals surface area contributed by atoms with Crippen LogP contribution in [0.4, 0.5) is 0 Å². The third kappa shape index (κ3) is 1.92. The Morgan fingerprint density at radius 2 is 2.14 bits per heavy atom. The zero-order valence-electron chi connectivity index (χ0n) is 6.91. The molecular weight excluding hydrogens is 188 g/mol. The first-order chi connectivity index (χ1) is 6.66. The second-order valence-corrected chi connectivity index (χ2v) is 2.34. The molecule has 1 aromatic heterocycles. The number of carbonyl (C=O) groups is 1. The maximum atomic E-state index is 10.4. The van der Waals surface area contributed by atoms with Crippen LogP contribution in [0.15, 0.2) is 35.4 Å². The van der Waals surface area contributed by atoms with E-state index in [0.29, 0.717) is 0 Å². The van der Waals surface area contributed by atoms with E-state index in [-0.39, 0.29) is 5.56 Å². The van der Waals surface area contributed by atoms with Crippen molar-refractivity contribution in [1.82, 2.24) is 4.98 Å². The average Bonchev–Trinajstić information content (AvgIpc) is 2.19. The maximum Gasteiger partial charge on any atom is 0.362 e. The Morgan fingerprint density at radius 3 is 2.57 bits per heavy atom. The fourth-order valence-corrected chi connectivity index (χ4v) is 0.823. The van der Waals surface area contributed by atoms with Gasteiger partial charge in [0.05, 0.1) is 0 Å². The van der Waals surface area contributed by atoms with Gasteiger partial charge in [0.2, 0.25) is 5.70 Å². The Morgan fingerprint density at radius 1 is 1.43 bits per heavy atom. The summed E-state index contributed by atoms with van der Waals surface area (Å²) in [6, 6.07) is 2.91. The first-order valence-electron chi connectivity index (χ1n) is 3.57. The molecule has 72 valence electrons. The van der Waals surface area contributed by atoms with E-state index in [0.717, 1.165) is 0 Å². The lowest BCUT2D eigenvalue weighted by molar-refractivity contribution is -0.132. The predicted octanol–water partition coefficient (Wildman–Crippen LogP) is 1.16. The molecule has 0 saturated heterocycles. The van der Waals surface area contributed by atoms with E-state index in [4.69, 9.17) is 5.11 Å². The molecule has 0 atom stereocenters. The molecule has 0 aliphatic carbocycles. The lowest BCUT2D eigenvalue weighted by Crippen LogP contribution is -2.01. The lowest BCUT2D eigenvalue weighted by atomic mass is 10.2. The number of aliphatic carboxylic acids is 1. The van der Waals surface area contributed by atoms with Gasteiger partial charge in [-0.15, -0.1) is 4.91 Å². The van der Waals surface area contributed by atoms with Gasteiger partial charge in [-0.05, 0) is 17.3 Å². The summed E-state index contributed by atoms with van der Waals surface area (Å²) < 4.78 is 0. The Kier molecular flexibility index (Phi) is 2.90. The highest BCUT2D eigenvalue weighted by Gasteiger charge is 2.16. The Hall–Kier alpha value is -2.24. The number of aromatic nitrogens is 1. The first-order valence-corrected chi connectivity index (χ1v) is 3.57. The Balaban J connectivity index is 3.21. The normalized spacial score (nSPS) is 11.7. The third-order valence-electron chi connectivity index (χ3n) is 1.45.